The van der Waals surface area contributed by atoms with E-state index in [9.17, 15) is 32.7 Å². The Bertz CT molecular complexity index is 2280. The van der Waals surface area contributed by atoms with E-state index < -0.39 is 57.9 Å². The molecule has 0 saturated carbocycles. The van der Waals surface area contributed by atoms with Crippen LogP contribution < -0.4 is 0 Å². The molecule has 14 nitrogen and oxygen atoms in total. The molecule has 0 saturated heterocycles. The zero-order valence-electron chi connectivity index (χ0n) is 27.8. The normalized spacial score (nSPS) is 11.4. The first kappa shape index (κ1) is 37.5. The lowest BCUT2D eigenvalue weighted by molar-refractivity contribution is -0.153. The van der Waals surface area contributed by atoms with E-state index in [0.717, 1.165) is 11.1 Å². The molecule has 15 heteroatoms. The number of rotatable bonds is 13. The third kappa shape index (κ3) is 10.4. The van der Waals surface area contributed by atoms with E-state index in [2.05, 4.69) is 15.2 Å². The molecule has 1 N–H and O–H groups in total. The Morgan fingerprint density at radius 1 is 0.698 bits per heavy atom. The summed E-state index contributed by atoms with van der Waals surface area (Å²) in [5.41, 5.74) is 2.18. The van der Waals surface area contributed by atoms with Crippen molar-refractivity contribution in [1.29, 1.82) is 0 Å². The number of aliphatic carboxylic acids is 1. The molecule has 0 aliphatic carbocycles. The predicted molar refractivity (Wildman–Crippen MR) is 186 cm³/mol. The molecule has 1 unspecified atom stereocenters. The Morgan fingerprint density at radius 3 is 1.94 bits per heavy atom. The Morgan fingerprint density at radius 2 is 1.30 bits per heavy atom. The summed E-state index contributed by atoms with van der Waals surface area (Å²) in [6.07, 6.45) is 0.0935. The molecule has 6 aromatic rings. The summed E-state index contributed by atoms with van der Waals surface area (Å²) >= 11 is 0. The van der Waals surface area contributed by atoms with Crippen molar-refractivity contribution in [3.05, 3.63) is 150 Å². The Hall–Kier alpha value is -6.74. The van der Waals surface area contributed by atoms with Crippen LogP contribution in [0.1, 0.15) is 33.8 Å². The van der Waals surface area contributed by atoms with Crippen molar-refractivity contribution in [2.24, 2.45) is 5.92 Å². The average Bonchev–Trinajstić information content (AvgIpc) is 3.70. The lowest BCUT2D eigenvalue weighted by Crippen LogP contribution is -2.25. The second kappa shape index (κ2) is 18.0. The predicted octanol–water partition coefficient (Wildman–Crippen LogP) is 5.86. The fraction of sp³-hybridized carbons (Fsp3) is 0.132. The van der Waals surface area contributed by atoms with Gasteiger partial charge in [0.1, 0.15) is 30.6 Å². The highest BCUT2D eigenvalue weighted by molar-refractivity contribution is 7.91. The number of carbonyl (C=O) groups excluding carboxylic acids is 3. The minimum Gasteiger partial charge on any atom is -0.481 e. The fourth-order valence-corrected chi connectivity index (χ4v) is 5.86. The van der Waals surface area contributed by atoms with Crippen LogP contribution in [0.3, 0.4) is 0 Å². The van der Waals surface area contributed by atoms with E-state index in [1.165, 1.54) is 12.3 Å². The van der Waals surface area contributed by atoms with Gasteiger partial charge in [-0.2, -0.15) is 0 Å². The van der Waals surface area contributed by atoms with Gasteiger partial charge >= 0.3 is 23.3 Å². The zero-order valence-corrected chi connectivity index (χ0v) is 28.6. The number of aromatic nitrogens is 3. The molecule has 0 amide bonds. The molecule has 0 radical (unpaired) electrons. The SMILES string of the molecule is O=C(CC(COC(=O)OCc1ccccc1)C(=O)O)OCc1ccccc1.O=C(c1ccccc1)c1nnc(S(=O)(=O)c2cccc3cccnc23)o1. The molecule has 4 aromatic carbocycles. The molecule has 1 atom stereocenters. The van der Waals surface area contributed by atoms with Gasteiger partial charge in [-0.05, 0) is 23.3 Å². The molecule has 2 heterocycles. The lowest BCUT2D eigenvalue weighted by Gasteiger charge is -2.13. The standard InChI is InChI=1S/C20H20O7.C18H11N3O4S/c21-18(25-12-15-7-3-1-4-8-15)11-17(19(22)23)14-27-20(24)26-13-16-9-5-2-6-10-16;22-16(13-6-2-1-3-7-13)17-20-21-18(25-17)26(23,24)14-10-4-8-12-9-5-11-19-15(12)14/h1-10,17H,11-14H2,(H,22,23);1-11H. The van der Waals surface area contributed by atoms with Gasteiger partial charge in [-0.1, -0.05) is 114 Å². The fourth-order valence-electron chi connectivity index (χ4n) is 4.65. The number of para-hydroxylation sites is 1. The third-order valence-electron chi connectivity index (χ3n) is 7.36. The van der Waals surface area contributed by atoms with Gasteiger partial charge in [-0.25, -0.2) is 13.2 Å². The van der Waals surface area contributed by atoms with E-state index in [0.29, 0.717) is 16.5 Å². The number of nitrogens with zero attached hydrogens (tertiary/aromatic N) is 3. The molecular formula is C38H31N3O11S. The van der Waals surface area contributed by atoms with Gasteiger partial charge < -0.3 is 23.7 Å². The number of hydrogen-bond acceptors (Lipinski definition) is 13. The van der Waals surface area contributed by atoms with E-state index >= 15 is 0 Å². The lowest BCUT2D eigenvalue weighted by atomic mass is 10.1. The van der Waals surface area contributed by atoms with Crippen molar-refractivity contribution in [2.45, 2.75) is 29.8 Å². The van der Waals surface area contributed by atoms with Crippen molar-refractivity contribution in [1.82, 2.24) is 15.2 Å². The van der Waals surface area contributed by atoms with Crippen molar-refractivity contribution in [3.8, 4) is 0 Å². The van der Waals surface area contributed by atoms with Crippen LogP contribution >= 0.6 is 0 Å². The van der Waals surface area contributed by atoms with Crippen LogP contribution in [0.25, 0.3) is 10.9 Å². The number of hydrogen-bond donors (Lipinski definition) is 1. The monoisotopic (exact) mass is 737 g/mol. The number of carboxylic acid groups (broad SMARTS) is 1. The number of ether oxygens (including phenoxy) is 3. The highest BCUT2D eigenvalue weighted by Gasteiger charge is 2.29. The molecule has 2 aromatic heterocycles. The summed E-state index contributed by atoms with van der Waals surface area (Å²) in [6.45, 7) is -0.425. The minimum atomic E-state index is -4.12. The molecule has 0 fully saturated rings. The number of ketones is 1. The van der Waals surface area contributed by atoms with E-state index in [1.807, 2.05) is 12.1 Å². The van der Waals surface area contributed by atoms with Gasteiger partial charge in [0.15, 0.2) is 0 Å². The maximum atomic E-state index is 12.9. The quantitative estimate of drug-likeness (QED) is 0.109. The summed E-state index contributed by atoms with van der Waals surface area (Å²) in [6, 6.07) is 34.5. The average molecular weight is 738 g/mol. The largest absolute Gasteiger partial charge is 0.508 e. The van der Waals surface area contributed by atoms with Crippen molar-refractivity contribution in [3.63, 3.8) is 0 Å². The molecular weight excluding hydrogens is 706 g/mol. The molecule has 270 valence electrons. The van der Waals surface area contributed by atoms with Gasteiger partial charge in [0.2, 0.25) is 5.78 Å². The Kier molecular flexibility index (Phi) is 12.7. The first-order valence-corrected chi connectivity index (χ1v) is 17.4. The van der Waals surface area contributed by atoms with Crippen molar-refractivity contribution < 1.29 is 51.3 Å². The molecule has 0 aliphatic rings. The first-order chi connectivity index (χ1) is 25.6. The molecule has 6 rings (SSSR count). The summed E-state index contributed by atoms with van der Waals surface area (Å²) in [4.78, 5) is 51.1. The maximum Gasteiger partial charge on any atom is 0.508 e. The summed E-state index contributed by atoms with van der Waals surface area (Å²) in [5.74, 6) is -4.09. The van der Waals surface area contributed by atoms with Gasteiger partial charge in [0.25, 0.3) is 15.7 Å². The first-order valence-electron chi connectivity index (χ1n) is 15.9. The number of pyridine rings is 1. The van der Waals surface area contributed by atoms with Gasteiger partial charge in [-0.3, -0.25) is 19.4 Å². The van der Waals surface area contributed by atoms with E-state index in [4.69, 9.17) is 18.6 Å². The zero-order chi connectivity index (χ0) is 37.6. The third-order valence-corrected chi connectivity index (χ3v) is 8.89. The number of carboxylic acids is 1. The molecule has 0 spiro atoms. The maximum absolute atomic E-state index is 12.9. The summed E-state index contributed by atoms with van der Waals surface area (Å²) in [5, 5.41) is 16.4. The van der Waals surface area contributed by atoms with Crippen LogP contribution in [0.15, 0.2) is 142 Å². The number of esters is 1. The second-order valence-corrected chi connectivity index (χ2v) is 12.9. The van der Waals surface area contributed by atoms with Crippen molar-refractivity contribution >= 4 is 44.6 Å². The molecule has 0 aliphatic heterocycles. The number of sulfone groups is 1. The van der Waals surface area contributed by atoms with Crippen LogP contribution in [-0.2, 0) is 46.9 Å². The van der Waals surface area contributed by atoms with Gasteiger partial charge in [0, 0.05) is 17.1 Å². The number of carbonyl (C=O) groups is 4. The highest BCUT2D eigenvalue weighted by Crippen LogP contribution is 2.26. The summed E-state index contributed by atoms with van der Waals surface area (Å²) in [7, 11) is -4.12. The van der Waals surface area contributed by atoms with Crippen LogP contribution in [0, 0.1) is 5.92 Å². The number of benzene rings is 4. The van der Waals surface area contributed by atoms with Gasteiger partial charge in [-0.15, -0.1) is 5.10 Å². The Balaban J connectivity index is 0.000000204. The number of fused-ring (bicyclic) bond motifs is 1. The smallest absolute Gasteiger partial charge is 0.481 e. The summed E-state index contributed by atoms with van der Waals surface area (Å²) < 4.78 is 45.7. The van der Waals surface area contributed by atoms with E-state index in [1.54, 1.807) is 103 Å². The second-order valence-electron chi connectivity index (χ2n) is 11.1. The van der Waals surface area contributed by atoms with Gasteiger partial charge in [0.05, 0.1) is 11.9 Å². The van der Waals surface area contributed by atoms with Crippen LogP contribution in [-0.4, -0.2) is 59.2 Å². The molecule has 53 heavy (non-hydrogen) atoms. The Labute approximate surface area is 302 Å². The highest BCUT2D eigenvalue weighted by atomic mass is 32.2. The van der Waals surface area contributed by atoms with Crippen LogP contribution in [0.5, 0.6) is 0 Å². The van der Waals surface area contributed by atoms with Crippen LogP contribution in [0.4, 0.5) is 4.79 Å². The minimum absolute atomic E-state index is 0.0104. The van der Waals surface area contributed by atoms with Crippen molar-refractivity contribution in [2.75, 3.05) is 6.61 Å². The van der Waals surface area contributed by atoms with E-state index in [-0.39, 0.29) is 24.0 Å². The molecule has 0 bridgehead atoms. The van der Waals surface area contributed by atoms with Crippen LogP contribution in [0.2, 0.25) is 0 Å². The topological polar surface area (TPSA) is 202 Å².